The van der Waals surface area contributed by atoms with Crippen LogP contribution in [0.2, 0.25) is 0 Å². The van der Waals surface area contributed by atoms with Gasteiger partial charge < -0.3 is 20.5 Å². The molecule has 1 heterocycles. The molecule has 1 aliphatic carbocycles. The zero-order chi connectivity index (χ0) is 14.7. The van der Waals surface area contributed by atoms with Crippen LogP contribution >= 0.6 is 0 Å². The van der Waals surface area contributed by atoms with E-state index in [2.05, 4.69) is 10.6 Å². The molecule has 3 rings (SSSR count). The number of aliphatic hydroxyl groups excluding tert-OH is 1. The van der Waals surface area contributed by atoms with Crippen molar-refractivity contribution < 1.29 is 14.6 Å². The molecule has 21 heavy (non-hydrogen) atoms. The van der Waals surface area contributed by atoms with E-state index in [1.54, 1.807) is 0 Å². The third-order valence-electron chi connectivity index (χ3n) is 4.25. The van der Waals surface area contributed by atoms with Crippen molar-refractivity contribution >= 4 is 11.6 Å². The molecule has 114 valence electrons. The van der Waals surface area contributed by atoms with Crippen molar-refractivity contribution in [2.45, 2.75) is 37.9 Å². The highest BCUT2D eigenvalue weighted by Crippen LogP contribution is 2.28. The Kier molecular flexibility index (Phi) is 4.29. The first-order chi connectivity index (χ1) is 10.2. The fourth-order valence-corrected chi connectivity index (χ4v) is 3.07. The highest BCUT2D eigenvalue weighted by atomic mass is 16.5. The molecule has 1 saturated carbocycles. The van der Waals surface area contributed by atoms with Crippen LogP contribution in [0.3, 0.4) is 0 Å². The van der Waals surface area contributed by atoms with Crippen LogP contribution in [0.15, 0.2) is 24.3 Å². The normalized spacial score (nSPS) is 28.0. The second kappa shape index (κ2) is 6.35. The van der Waals surface area contributed by atoms with Gasteiger partial charge in [-0.1, -0.05) is 18.6 Å². The Hall–Kier alpha value is -1.75. The summed E-state index contributed by atoms with van der Waals surface area (Å²) >= 11 is 0. The van der Waals surface area contributed by atoms with Crippen LogP contribution in [0.5, 0.6) is 5.75 Å². The Morgan fingerprint density at radius 2 is 2.24 bits per heavy atom. The molecule has 0 aromatic heterocycles. The quantitative estimate of drug-likeness (QED) is 0.789. The number of ether oxygens (including phenoxy) is 1. The summed E-state index contributed by atoms with van der Waals surface area (Å²) in [4.78, 5) is 12.2. The van der Waals surface area contributed by atoms with Crippen molar-refractivity contribution in [3.63, 3.8) is 0 Å². The van der Waals surface area contributed by atoms with Crippen molar-refractivity contribution in [2.24, 2.45) is 5.92 Å². The van der Waals surface area contributed by atoms with Gasteiger partial charge in [0.2, 0.25) is 0 Å². The van der Waals surface area contributed by atoms with Crippen LogP contribution in [-0.4, -0.2) is 36.3 Å². The number of fused-ring (bicyclic) bond motifs is 1. The van der Waals surface area contributed by atoms with E-state index in [0.29, 0.717) is 19.0 Å². The maximum absolute atomic E-state index is 12.2. The van der Waals surface area contributed by atoms with Gasteiger partial charge in [0.15, 0.2) is 6.10 Å². The van der Waals surface area contributed by atoms with Crippen LogP contribution in [0.1, 0.15) is 25.7 Å². The number of rotatable bonds is 3. The van der Waals surface area contributed by atoms with Crippen molar-refractivity contribution in [3.8, 4) is 5.75 Å². The van der Waals surface area contributed by atoms with Crippen molar-refractivity contribution in [3.05, 3.63) is 24.3 Å². The SMILES string of the molecule is O=C(NCC1CCCC(O)C1)C1CNc2ccccc2O1. The number of amides is 1. The van der Waals surface area contributed by atoms with E-state index >= 15 is 0 Å². The van der Waals surface area contributed by atoms with Gasteiger partial charge in [0.05, 0.1) is 18.3 Å². The lowest BCUT2D eigenvalue weighted by Crippen LogP contribution is -2.46. The molecule has 0 bridgehead atoms. The summed E-state index contributed by atoms with van der Waals surface area (Å²) in [7, 11) is 0. The average molecular weight is 290 g/mol. The van der Waals surface area contributed by atoms with Crippen molar-refractivity contribution in [1.82, 2.24) is 5.32 Å². The zero-order valence-corrected chi connectivity index (χ0v) is 12.0. The highest BCUT2D eigenvalue weighted by Gasteiger charge is 2.27. The topological polar surface area (TPSA) is 70.6 Å². The second-order valence-electron chi connectivity index (χ2n) is 5.92. The number of aliphatic hydroxyl groups is 1. The van der Waals surface area contributed by atoms with Gasteiger partial charge in [-0.05, 0) is 37.3 Å². The largest absolute Gasteiger partial charge is 0.477 e. The number of nitrogens with one attached hydrogen (secondary N) is 2. The minimum absolute atomic E-state index is 0.0860. The molecule has 1 fully saturated rings. The lowest BCUT2D eigenvalue weighted by atomic mass is 9.87. The number of carbonyl (C=O) groups is 1. The van der Waals surface area contributed by atoms with Crippen molar-refractivity contribution in [2.75, 3.05) is 18.4 Å². The predicted octanol–water partition coefficient (Wildman–Crippen LogP) is 1.53. The van der Waals surface area contributed by atoms with Gasteiger partial charge in [-0.2, -0.15) is 0 Å². The molecule has 1 aromatic rings. The van der Waals surface area contributed by atoms with E-state index in [-0.39, 0.29) is 12.0 Å². The summed E-state index contributed by atoms with van der Waals surface area (Å²) in [5, 5.41) is 15.8. The van der Waals surface area contributed by atoms with Gasteiger partial charge in [-0.15, -0.1) is 0 Å². The fraction of sp³-hybridized carbons (Fsp3) is 0.562. The number of hydrogen-bond acceptors (Lipinski definition) is 4. The average Bonchev–Trinajstić information content (AvgIpc) is 2.52. The summed E-state index contributed by atoms with van der Waals surface area (Å²) in [6.45, 7) is 1.10. The zero-order valence-electron chi connectivity index (χ0n) is 12.0. The number of carbonyl (C=O) groups excluding carboxylic acids is 1. The first-order valence-corrected chi connectivity index (χ1v) is 7.67. The minimum atomic E-state index is -0.492. The number of anilines is 1. The Bertz CT molecular complexity index is 506. The molecular weight excluding hydrogens is 268 g/mol. The Morgan fingerprint density at radius 3 is 3.10 bits per heavy atom. The molecular formula is C16H22N2O3. The van der Waals surface area contributed by atoms with Gasteiger partial charge in [-0.3, -0.25) is 4.79 Å². The monoisotopic (exact) mass is 290 g/mol. The first-order valence-electron chi connectivity index (χ1n) is 7.67. The third-order valence-corrected chi connectivity index (χ3v) is 4.25. The molecule has 0 saturated heterocycles. The smallest absolute Gasteiger partial charge is 0.262 e. The second-order valence-corrected chi connectivity index (χ2v) is 5.92. The van der Waals surface area contributed by atoms with Crippen LogP contribution < -0.4 is 15.4 Å². The highest BCUT2D eigenvalue weighted by molar-refractivity contribution is 5.83. The molecule has 0 spiro atoms. The summed E-state index contributed by atoms with van der Waals surface area (Å²) < 4.78 is 5.73. The number of para-hydroxylation sites is 2. The molecule has 1 amide bonds. The molecule has 0 radical (unpaired) electrons. The van der Waals surface area contributed by atoms with Crippen LogP contribution in [-0.2, 0) is 4.79 Å². The van der Waals surface area contributed by atoms with Gasteiger partial charge in [0, 0.05) is 6.54 Å². The third kappa shape index (κ3) is 3.47. The van der Waals surface area contributed by atoms with Crippen LogP contribution in [0.4, 0.5) is 5.69 Å². The van der Waals surface area contributed by atoms with Gasteiger partial charge in [0.1, 0.15) is 5.75 Å². The fourth-order valence-electron chi connectivity index (χ4n) is 3.07. The van der Waals surface area contributed by atoms with E-state index < -0.39 is 6.10 Å². The summed E-state index contributed by atoms with van der Waals surface area (Å²) in [6.07, 6.45) is 3.08. The lowest BCUT2D eigenvalue weighted by molar-refractivity contribution is -0.127. The van der Waals surface area contributed by atoms with Crippen LogP contribution in [0.25, 0.3) is 0 Å². The molecule has 3 N–H and O–H groups in total. The van der Waals surface area contributed by atoms with E-state index in [4.69, 9.17) is 4.74 Å². The molecule has 1 aromatic carbocycles. The lowest BCUT2D eigenvalue weighted by Gasteiger charge is -2.29. The van der Waals surface area contributed by atoms with Crippen molar-refractivity contribution in [1.29, 1.82) is 0 Å². The molecule has 2 aliphatic rings. The van der Waals surface area contributed by atoms with E-state index in [0.717, 1.165) is 37.1 Å². The standard InChI is InChI=1S/C16H22N2O3/c19-12-5-3-4-11(8-12)9-18-16(20)15-10-17-13-6-1-2-7-14(13)21-15/h1-2,6-7,11-12,15,17,19H,3-5,8-10H2,(H,18,20). The number of benzene rings is 1. The molecule has 5 heteroatoms. The maximum Gasteiger partial charge on any atom is 0.262 e. The number of hydrogen-bond donors (Lipinski definition) is 3. The summed E-state index contributed by atoms with van der Waals surface area (Å²) in [5.74, 6) is 1.01. The molecule has 5 nitrogen and oxygen atoms in total. The van der Waals surface area contributed by atoms with Gasteiger partial charge >= 0.3 is 0 Å². The Morgan fingerprint density at radius 1 is 1.38 bits per heavy atom. The Balaban J connectivity index is 1.50. The molecule has 3 unspecified atom stereocenters. The molecule has 3 atom stereocenters. The summed E-state index contributed by atoms with van der Waals surface area (Å²) in [5.41, 5.74) is 0.928. The predicted molar refractivity (Wildman–Crippen MR) is 80.3 cm³/mol. The molecule has 1 aliphatic heterocycles. The van der Waals surface area contributed by atoms with E-state index in [1.807, 2.05) is 24.3 Å². The van der Waals surface area contributed by atoms with E-state index in [9.17, 15) is 9.90 Å². The maximum atomic E-state index is 12.2. The van der Waals surface area contributed by atoms with Gasteiger partial charge in [-0.25, -0.2) is 0 Å². The van der Waals surface area contributed by atoms with Crippen LogP contribution in [0, 0.1) is 5.92 Å². The van der Waals surface area contributed by atoms with E-state index in [1.165, 1.54) is 0 Å². The Labute approximate surface area is 124 Å². The van der Waals surface area contributed by atoms with Gasteiger partial charge in [0.25, 0.3) is 5.91 Å². The summed E-state index contributed by atoms with van der Waals surface area (Å²) in [6, 6.07) is 7.63. The minimum Gasteiger partial charge on any atom is -0.477 e. The first kappa shape index (κ1) is 14.2.